The Labute approximate surface area is 190 Å². The first kappa shape index (κ1) is 21.0. The first-order valence-electron chi connectivity index (χ1n) is 10.0. The topological polar surface area (TPSA) is 59.8 Å². The van der Waals surface area contributed by atoms with Gasteiger partial charge in [0.2, 0.25) is 5.82 Å². The second-order valence-corrected chi connectivity index (χ2v) is 8.56. The molecule has 1 aromatic heterocycles. The fourth-order valence-corrected chi connectivity index (χ4v) is 3.56. The summed E-state index contributed by atoms with van der Waals surface area (Å²) in [4.78, 5) is 17.6. The lowest BCUT2D eigenvalue weighted by Gasteiger charge is -2.09. The van der Waals surface area contributed by atoms with Crippen LogP contribution in [0.2, 0.25) is 0 Å². The molecule has 1 N–H and O–H groups in total. The van der Waals surface area contributed by atoms with Crippen molar-refractivity contribution < 1.29 is 4.79 Å². The molecule has 3 aromatic carbocycles. The van der Waals surface area contributed by atoms with E-state index < -0.39 is 0 Å². The van der Waals surface area contributed by atoms with Crippen molar-refractivity contribution in [3.05, 3.63) is 93.2 Å². The Balaban J connectivity index is 1.78. The highest BCUT2D eigenvalue weighted by molar-refractivity contribution is 9.10. The normalized spacial score (nSPS) is 10.9. The van der Waals surface area contributed by atoms with Gasteiger partial charge in [0, 0.05) is 15.7 Å². The van der Waals surface area contributed by atoms with Crippen LogP contribution in [-0.2, 0) is 0 Å². The maximum atomic E-state index is 13.0. The molecule has 1 heterocycles. The van der Waals surface area contributed by atoms with E-state index in [1.165, 1.54) is 5.56 Å². The van der Waals surface area contributed by atoms with Gasteiger partial charge in [-0.15, -0.1) is 5.10 Å². The molecule has 0 saturated carbocycles. The molecule has 0 fully saturated rings. The molecule has 0 aliphatic carbocycles. The van der Waals surface area contributed by atoms with Gasteiger partial charge in [-0.2, -0.15) is 0 Å². The molecule has 4 rings (SSSR count). The van der Waals surface area contributed by atoms with Crippen molar-refractivity contribution in [1.82, 2.24) is 14.8 Å². The molecule has 0 radical (unpaired) electrons. The van der Waals surface area contributed by atoms with E-state index in [0.29, 0.717) is 5.82 Å². The Morgan fingerprint density at radius 1 is 0.903 bits per heavy atom. The molecule has 0 atom stereocenters. The summed E-state index contributed by atoms with van der Waals surface area (Å²) in [6.45, 7) is 8.13. The van der Waals surface area contributed by atoms with Crippen LogP contribution >= 0.6 is 15.9 Å². The van der Waals surface area contributed by atoms with Crippen LogP contribution in [0.1, 0.15) is 32.9 Å². The second-order valence-electron chi connectivity index (χ2n) is 7.65. The van der Waals surface area contributed by atoms with Crippen molar-refractivity contribution in [3.8, 4) is 17.1 Å². The molecule has 156 valence electrons. The number of aryl methyl sites for hydroxylation is 3. The molecule has 0 saturated heterocycles. The van der Waals surface area contributed by atoms with Crippen molar-refractivity contribution in [1.29, 1.82) is 0 Å². The van der Waals surface area contributed by atoms with Crippen LogP contribution in [0.15, 0.2) is 65.1 Å². The zero-order valence-electron chi connectivity index (χ0n) is 17.9. The molecule has 4 aromatic rings. The highest BCUT2D eigenvalue weighted by Gasteiger charge is 2.20. The van der Waals surface area contributed by atoms with Gasteiger partial charge < -0.3 is 5.32 Å². The molecule has 0 aliphatic heterocycles. The Morgan fingerprint density at radius 3 is 2.35 bits per heavy atom. The number of anilines is 1. The predicted octanol–water partition coefficient (Wildman–Crippen LogP) is 6.18. The average Bonchev–Trinajstić information content (AvgIpc) is 3.19. The fraction of sp³-hybridized carbons (Fsp3) is 0.160. The van der Waals surface area contributed by atoms with E-state index in [-0.39, 0.29) is 11.7 Å². The number of nitrogens with one attached hydrogen (secondary N) is 1. The van der Waals surface area contributed by atoms with E-state index in [9.17, 15) is 4.79 Å². The quantitative estimate of drug-likeness (QED) is 0.383. The molecule has 0 spiro atoms. The maximum Gasteiger partial charge on any atom is 0.295 e. The summed E-state index contributed by atoms with van der Waals surface area (Å²) in [6, 6.07) is 19.7. The van der Waals surface area contributed by atoms with Crippen LogP contribution in [0, 0.1) is 27.7 Å². The predicted molar refractivity (Wildman–Crippen MR) is 128 cm³/mol. The van der Waals surface area contributed by atoms with Crippen molar-refractivity contribution in [3.63, 3.8) is 0 Å². The fourth-order valence-electron chi connectivity index (χ4n) is 3.30. The standard InChI is InChI=1S/C25H23BrN4O/c1-15-8-13-21(14-17(15)3)30-24(19-9-11-20(26)12-10-19)28-23(29-30)25(31)27-22-7-5-6-16(2)18(22)4/h5-14H,1-4H3,(H,27,31). The number of nitrogens with zero attached hydrogens (tertiary/aromatic N) is 3. The van der Waals surface area contributed by atoms with Gasteiger partial charge in [0.25, 0.3) is 5.91 Å². The van der Waals surface area contributed by atoms with Gasteiger partial charge in [0.05, 0.1) is 5.69 Å². The minimum absolute atomic E-state index is 0.122. The molecular formula is C25H23BrN4O. The third-order valence-electron chi connectivity index (χ3n) is 5.50. The van der Waals surface area contributed by atoms with Crippen molar-refractivity contribution >= 4 is 27.5 Å². The molecule has 6 heteroatoms. The summed E-state index contributed by atoms with van der Waals surface area (Å²) in [5.41, 5.74) is 6.98. The minimum Gasteiger partial charge on any atom is -0.319 e. The van der Waals surface area contributed by atoms with Gasteiger partial charge in [-0.3, -0.25) is 4.79 Å². The second kappa shape index (κ2) is 8.47. The lowest BCUT2D eigenvalue weighted by Crippen LogP contribution is -2.15. The highest BCUT2D eigenvalue weighted by Crippen LogP contribution is 2.25. The lowest BCUT2D eigenvalue weighted by atomic mass is 10.1. The molecular weight excluding hydrogens is 452 g/mol. The summed E-state index contributed by atoms with van der Waals surface area (Å²) < 4.78 is 2.70. The smallest absolute Gasteiger partial charge is 0.295 e. The Kier molecular flexibility index (Phi) is 5.74. The monoisotopic (exact) mass is 474 g/mol. The number of halogens is 1. The van der Waals surface area contributed by atoms with Gasteiger partial charge >= 0.3 is 0 Å². The molecule has 1 amide bonds. The number of rotatable bonds is 4. The first-order chi connectivity index (χ1) is 14.8. The molecule has 0 aliphatic rings. The Morgan fingerprint density at radius 2 is 1.65 bits per heavy atom. The van der Waals surface area contributed by atoms with Crippen molar-refractivity contribution in [2.75, 3.05) is 5.32 Å². The number of aromatic nitrogens is 3. The van der Waals surface area contributed by atoms with Gasteiger partial charge in [0.1, 0.15) is 0 Å². The molecule has 0 unspecified atom stereocenters. The third kappa shape index (κ3) is 4.30. The minimum atomic E-state index is -0.338. The van der Waals surface area contributed by atoms with Crippen LogP contribution in [0.25, 0.3) is 17.1 Å². The summed E-state index contributed by atoms with van der Waals surface area (Å²) in [5, 5.41) is 7.54. The lowest BCUT2D eigenvalue weighted by molar-refractivity contribution is 0.101. The summed E-state index contributed by atoms with van der Waals surface area (Å²) in [6.07, 6.45) is 0. The average molecular weight is 475 g/mol. The highest BCUT2D eigenvalue weighted by atomic mass is 79.9. The first-order valence-corrected chi connectivity index (χ1v) is 10.8. The van der Waals surface area contributed by atoms with Crippen LogP contribution in [0.4, 0.5) is 5.69 Å². The number of hydrogen-bond acceptors (Lipinski definition) is 3. The SMILES string of the molecule is Cc1ccc(-n2nc(C(=O)Nc3cccc(C)c3C)nc2-c2ccc(Br)cc2)cc1C. The molecule has 31 heavy (non-hydrogen) atoms. The van der Waals surface area contributed by atoms with Crippen LogP contribution in [-0.4, -0.2) is 20.7 Å². The number of carbonyl (C=O) groups is 1. The van der Waals surface area contributed by atoms with E-state index in [2.05, 4.69) is 51.2 Å². The third-order valence-corrected chi connectivity index (χ3v) is 6.03. The zero-order chi connectivity index (χ0) is 22.1. The Hall–Kier alpha value is -3.25. The number of carbonyl (C=O) groups excluding carboxylic acids is 1. The largest absolute Gasteiger partial charge is 0.319 e. The van der Waals surface area contributed by atoms with E-state index >= 15 is 0 Å². The van der Waals surface area contributed by atoms with Crippen LogP contribution in [0.3, 0.4) is 0 Å². The van der Waals surface area contributed by atoms with Gasteiger partial charge in [-0.1, -0.05) is 46.3 Å². The van der Waals surface area contributed by atoms with E-state index in [1.807, 2.05) is 68.4 Å². The number of benzene rings is 3. The maximum absolute atomic E-state index is 13.0. The van der Waals surface area contributed by atoms with E-state index in [4.69, 9.17) is 0 Å². The summed E-state index contributed by atoms with van der Waals surface area (Å²) in [7, 11) is 0. The van der Waals surface area contributed by atoms with Crippen LogP contribution < -0.4 is 5.32 Å². The van der Waals surface area contributed by atoms with Crippen molar-refractivity contribution in [2.24, 2.45) is 0 Å². The molecule has 0 bridgehead atoms. The van der Waals surface area contributed by atoms with Gasteiger partial charge in [-0.05, 0) is 80.3 Å². The number of hydrogen-bond donors (Lipinski definition) is 1. The van der Waals surface area contributed by atoms with E-state index in [0.717, 1.165) is 38.1 Å². The Bertz CT molecular complexity index is 1280. The van der Waals surface area contributed by atoms with Gasteiger partial charge in [-0.25, -0.2) is 9.67 Å². The van der Waals surface area contributed by atoms with Crippen LogP contribution in [0.5, 0.6) is 0 Å². The van der Waals surface area contributed by atoms with E-state index in [1.54, 1.807) is 4.68 Å². The zero-order valence-corrected chi connectivity index (χ0v) is 19.5. The number of amides is 1. The van der Waals surface area contributed by atoms with Gasteiger partial charge in [0.15, 0.2) is 5.82 Å². The molecule has 5 nitrogen and oxygen atoms in total. The van der Waals surface area contributed by atoms with Crippen molar-refractivity contribution in [2.45, 2.75) is 27.7 Å². The summed E-state index contributed by atoms with van der Waals surface area (Å²) >= 11 is 3.47. The summed E-state index contributed by atoms with van der Waals surface area (Å²) in [5.74, 6) is 0.397.